The molecular formula is C22H25N5O2S2. The molecule has 162 valence electrons. The summed E-state index contributed by atoms with van der Waals surface area (Å²) in [6.07, 6.45) is 6.86. The van der Waals surface area contributed by atoms with Crippen molar-refractivity contribution >= 4 is 39.2 Å². The van der Waals surface area contributed by atoms with Crippen molar-refractivity contribution in [2.75, 3.05) is 31.9 Å². The van der Waals surface area contributed by atoms with Crippen LogP contribution in [0, 0.1) is 0 Å². The zero-order chi connectivity index (χ0) is 21.2. The maximum Gasteiger partial charge on any atom is 0.259 e. The number of thiophene rings is 1. The zero-order valence-corrected chi connectivity index (χ0v) is 18.9. The molecule has 3 aromatic rings. The molecule has 3 aromatic heterocycles. The van der Waals surface area contributed by atoms with Crippen LogP contribution in [0.25, 0.3) is 10.2 Å². The molecule has 1 amide bonds. The predicted molar refractivity (Wildman–Crippen MR) is 125 cm³/mol. The maximum absolute atomic E-state index is 12.6. The van der Waals surface area contributed by atoms with Gasteiger partial charge in [-0.2, -0.15) is 0 Å². The Labute approximate surface area is 188 Å². The first-order chi connectivity index (χ1) is 15.2. The van der Waals surface area contributed by atoms with Gasteiger partial charge in [0.1, 0.15) is 10.7 Å². The quantitative estimate of drug-likeness (QED) is 0.615. The van der Waals surface area contributed by atoms with Crippen LogP contribution >= 0.6 is 23.1 Å². The fourth-order valence-corrected chi connectivity index (χ4v) is 6.42. The van der Waals surface area contributed by atoms with Crippen LogP contribution in [-0.2, 0) is 29.9 Å². The topological polar surface area (TPSA) is 82.2 Å². The van der Waals surface area contributed by atoms with E-state index in [0.717, 1.165) is 62.2 Å². The van der Waals surface area contributed by atoms with E-state index in [1.807, 2.05) is 17.2 Å². The second-order valence-corrected chi connectivity index (χ2v) is 10.1. The number of nitrogens with zero attached hydrogens (tertiary/aromatic N) is 4. The van der Waals surface area contributed by atoms with Gasteiger partial charge in [0.15, 0.2) is 0 Å². The van der Waals surface area contributed by atoms with Crippen LogP contribution in [0.3, 0.4) is 0 Å². The van der Waals surface area contributed by atoms with Gasteiger partial charge in [-0.05, 0) is 36.5 Å². The van der Waals surface area contributed by atoms with Crippen LogP contribution < -0.4 is 5.56 Å². The second kappa shape index (κ2) is 9.10. The van der Waals surface area contributed by atoms with E-state index in [-0.39, 0.29) is 11.5 Å². The van der Waals surface area contributed by atoms with Crippen LogP contribution in [0.2, 0.25) is 0 Å². The molecule has 31 heavy (non-hydrogen) atoms. The summed E-state index contributed by atoms with van der Waals surface area (Å²) in [6.45, 7) is 4.13. The highest BCUT2D eigenvalue weighted by atomic mass is 32.2. The van der Waals surface area contributed by atoms with E-state index in [9.17, 15) is 9.59 Å². The summed E-state index contributed by atoms with van der Waals surface area (Å²) in [7, 11) is 0. The maximum atomic E-state index is 12.6. The molecule has 1 aliphatic heterocycles. The smallest absolute Gasteiger partial charge is 0.259 e. The van der Waals surface area contributed by atoms with E-state index in [0.29, 0.717) is 17.3 Å². The van der Waals surface area contributed by atoms with E-state index in [1.54, 1.807) is 17.5 Å². The minimum absolute atomic E-state index is 0.0314. The number of piperazine rings is 1. The molecule has 7 nitrogen and oxygen atoms in total. The molecule has 0 unspecified atom stereocenters. The summed E-state index contributed by atoms with van der Waals surface area (Å²) in [5.41, 5.74) is 2.37. The van der Waals surface area contributed by atoms with Gasteiger partial charge in [0.25, 0.3) is 5.56 Å². The number of aromatic nitrogens is 3. The minimum atomic E-state index is -0.0314. The van der Waals surface area contributed by atoms with Gasteiger partial charge in [0.05, 0.1) is 16.9 Å². The molecule has 0 bridgehead atoms. The van der Waals surface area contributed by atoms with Crippen molar-refractivity contribution < 1.29 is 4.79 Å². The Bertz CT molecular complexity index is 1140. The van der Waals surface area contributed by atoms with Crippen molar-refractivity contribution in [1.82, 2.24) is 24.8 Å². The van der Waals surface area contributed by atoms with E-state index in [2.05, 4.69) is 25.9 Å². The highest BCUT2D eigenvalue weighted by Gasteiger charge is 2.22. The van der Waals surface area contributed by atoms with Gasteiger partial charge >= 0.3 is 0 Å². The van der Waals surface area contributed by atoms with Crippen molar-refractivity contribution in [3.8, 4) is 0 Å². The fraction of sp³-hybridized carbons (Fsp3) is 0.455. The number of carbonyl (C=O) groups is 1. The molecule has 0 saturated carbocycles. The number of hydrogen-bond acceptors (Lipinski definition) is 7. The van der Waals surface area contributed by atoms with Crippen LogP contribution in [0.1, 0.15) is 28.2 Å². The molecule has 1 N–H and O–H groups in total. The van der Waals surface area contributed by atoms with E-state index < -0.39 is 0 Å². The normalized spacial score (nSPS) is 16.7. The molecule has 0 spiro atoms. The van der Waals surface area contributed by atoms with Gasteiger partial charge in [-0.15, -0.1) is 23.1 Å². The second-order valence-electron chi connectivity index (χ2n) is 8.06. The molecule has 2 aliphatic rings. The Hall–Kier alpha value is -2.23. The Morgan fingerprint density at radius 3 is 2.90 bits per heavy atom. The number of nitrogens with one attached hydrogen (secondary N) is 1. The lowest BCUT2D eigenvalue weighted by atomic mass is 10.2. The summed E-state index contributed by atoms with van der Waals surface area (Å²) in [5.74, 6) is 1.77. The van der Waals surface area contributed by atoms with E-state index in [4.69, 9.17) is 0 Å². The van der Waals surface area contributed by atoms with Crippen LogP contribution in [0.4, 0.5) is 0 Å². The van der Waals surface area contributed by atoms with Gasteiger partial charge in [0, 0.05) is 50.0 Å². The first-order valence-corrected chi connectivity index (χ1v) is 12.6. The lowest BCUT2D eigenvalue weighted by Crippen LogP contribution is -2.48. The molecule has 9 heteroatoms. The number of aromatic amines is 1. The molecule has 1 aliphatic carbocycles. The zero-order valence-electron chi connectivity index (χ0n) is 17.3. The summed E-state index contributed by atoms with van der Waals surface area (Å²) in [4.78, 5) is 43.4. The van der Waals surface area contributed by atoms with Gasteiger partial charge in [-0.3, -0.25) is 19.5 Å². The highest BCUT2D eigenvalue weighted by molar-refractivity contribution is 7.99. The number of pyridine rings is 1. The molecule has 0 atom stereocenters. The van der Waals surface area contributed by atoms with Crippen LogP contribution in [0.15, 0.2) is 29.3 Å². The average molecular weight is 456 g/mol. The van der Waals surface area contributed by atoms with Gasteiger partial charge < -0.3 is 9.88 Å². The number of fused-ring (bicyclic) bond motifs is 3. The number of aryl methyl sites for hydroxylation is 2. The number of thioether (sulfide) groups is 1. The third-order valence-electron chi connectivity index (χ3n) is 5.94. The monoisotopic (exact) mass is 455 g/mol. The largest absolute Gasteiger partial charge is 0.339 e. The fourth-order valence-electron chi connectivity index (χ4n) is 4.35. The summed E-state index contributed by atoms with van der Waals surface area (Å²) >= 11 is 3.17. The molecule has 1 saturated heterocycles. The molecule has 0 aromatic carbocycles. The summed E-state index contributed by atoms with van der Waals surface area (Å²) in [5, 5.41) is 0.784. The van der Waals surface area contributed by atoms with Crippen molar-refractivity contribution in [2.24, 2.45) is 0 Å². The Morgan fingerprint density at radius 2 is 2.10 bits per heavy atom. The number of carbonyl (C=O) groups excluding carboxylic acids is 1. The highest BCUT2D eigenvalue weighted by Crippen LogP contribution is 2.34. The van der Waals surface area contributed by atoms with Crippen molar-refractivity contribution in [3.63, 3.8) is 0 Å². The number of H-pyrrole nitrogens is 1. The lowest BCUT2D eigenvalue weighted by Gasteiger charge is -2.34. The van der Waals surface area contributed by atoms with Crippen LogP contribution in [-0.4, -0.2) is 62.6 Å². The first kappa shape index (κ1) is 20.7. The third kappa shape index (κ3) is 4.53. The molecule has 0 radical (unpaired) electrons. The molecule has 1 fully saturated rings. The number of rotatable bonds is 6. The van der Waals surface area contributed by atoms with Gasteiger partial charge in [0.2, 0.25) is 5.91 Å². The van der Waals surface area contributed by atoms with Gasteiger partial charge in [-0.1, -0.05) is 6.07 Å². The van der Waals surface area contributed by atoms with Crippen molar-refractivity contribution in [3.05, 3.63) is 56.7 Å². The number of hydrogen-bond donors (Lipinski definition) is 1. The van der Waals surface area contributed by atoms with Gasteiger partial charge in [-0.25, -0.2) is 4.98 Å². The molecule has 5 rings (SSSR count). The Morgan fingerprint density at radius 1 is 1.23 bits per heavy atom. The van der Waals surface area contributed by atoms with Crippen molar-refractivity contribution in [1.29, 1.82) is 0 Å². The predicted octanol–water partition coefficient (Wildman–Crippen LogP) is 2.45. The number of amides is 1. The summed E-state index contributed by atoms with van der Waals surface area (Å²) in [6, 6.07) is 4.04. The van der Waals surface area contributed by atoms with Crippen molar-refractivity contribution in [2.45, 2.75) is 31.6 Å². The van der Waals surface area contributed by atoms with E-state index in [1.165, 1.54) is 27.8 Å². The molecular weight excluding hydrogens is 430 g/mol. The standard InChI is InChI=1S/C22H25N5O2S2/c28-19(27-9-7-26(8-10-27)12-15-3-2-6-23-11-15)14-30-13-18-24-21(29)20-16-4-1-5-17(16)31-22(20)25-18/h2-3,6,11H,1,4-5,7-10,12-14H2,(H,24,25,29). The minimum Gasteiger partial charge on any atom is -0.339 e. The van der Waals surface area contributed by atoms with Crippen LogP contribution in [0.5, 0.6) is 0 Å². The average Bonchev–Trinajstić information content (AvgIpc) is 3.36. The molecule has 4 heterocycles. The SMILES string of the molecule is O=C(CSCc1nc2sc3c(c2c(=O)[nH]1)CCC3)N1CCN(Cc2cccnc2)CC1. The Kier molecular flexibility index (Phi) is 6.06. The first-order valence-electron chi connectivity index (χ1n) is 10.7. The lowest BCUT2D eigenvalue weighted by molar-refractivity contribution is -0.130. The summed E-state index contributed by atoms with van der Waals surface area (Å²) < 4.78 is 0. The van der Waals surface area contributed by atoms with E-state index >= 15 is 0 Å². The Balaban J connectivity index is 1.11. The third-order valence-corrected chi connectivity index (χ3v) is 8.06.